The zero-order chi connectivity index (χ0) is 19.2. The van der Waals surface area contributed by atoms with Crippen molar-refractivity contribution in [3.05, 3.63) is 53.5 Å². The van der Waals surface area contributed by atoms with Crippen LogP contribution >= 0.6 is 0 Å². The molecule has 0 saturated heterocycles. The van der Waals surface area contributed by atoms with Crippen molar-refractivity contribution in [3.63, 3.8) is 0 Å². The topological polar surface area (TPSA) is 54.7 Å². The Bertz CT molecular complexity index is 754. The van der Waals surface area contributed by atoms with Crippen LogP contribution in [0.5, 0.6) is 5.75 Å². The molecular weight excluding hydrogens is 340 g/mol. The average Bonchev–Trinajstić information content (AvgIpc) is 3.10. The molecule has 1 saturated carbocycles. The number of hydrogen-bond acceptors (Lipinski definition) is 4. The zero-order valence-corrected chi connectivity index (χ0v) is 16.5. The Kier molecular flexibility index (Phi) is 6.56. The van der Waals surface area contributed by atoms with Crippen molar-refractivity contribution in [2.45, 2.75) is 45.3 Å². The van der Waals surface area contributed by atoms with Crippen molar-refractivity contribution in [3.8, 4) is 5.75 Å². The molecular formula is C22H30N2O3. The SMILES string of the molecule is Cc1cccc(OCc2ccc(C(=O)NC3CCCCC3CN(C)C)o2)c1. The predicted molar refractivity (Wildman–Crippen MR) is 106 cm³/mol. The summed E-state index contributed by atoms with van der Waals surface area (Å²) in [5.74, 6) is 2.16. The van der Waals surface area contributed by atoms with Crippen LogP contribution in [0.25, 0.3) is 0 Å². The fourth-order valence-electron chi connectivity index (χ4n) is 3.76. The fraction of sp³-hybridized carbons (Fsp3) is 0.500. The number of furan rings is 1. The lowest BCUT2D eigenvalue weighted by Gasteiger charge is -2.33. The van der Waals surface area contributed by atoms with E-state index in [9.17, 15) is 4.79 Å². The van der Waals surface area contributed by atoms with Gasteiger partial charge in [-0.2, -0.15) is 0 Å². The molecule has 1 N–H and O–H groups in total. The van der Waals surface area contributed by atoms with Gasteiger partial charge < -0.3 is 19.4 Å². The van der Waals surface area contributed by atoms with Gasteiger partial charge in [0.05, 0.1) is 0 Å². The van der Waals surface area contributed by atoms with Crippen LogP contribution in [-0.2, 0) is 6.61 Å². The van der Waals surface area contributed by atoms with E-state index in [0.717, 1.165) is 30.7 Å². The summed E-state index contributed by atoms with van der Waals surface area (Å²) < 4.78 is 11.5. The maximum Gasteiger partial charge on any atom is 0.287 e. The van der Waals surface area contributed by atoms with E-state index < -0.39 is 0 Å². The summed E-state index contributed by atoms with van der Waals surface area (Å²) in [5.41, 5.74) is 1.15. The highest BCUT2D eigenvalue weighted by Crippen LogP contribution is 2.25. The van der Waals surface area contributed by atoms with Crippen molar-refractivity contribution in [1.82, 2.24) is 10.2 Å². The maximum absolute atomic E-state index is 12.6. The molecule has 5 heteroatoms. The number of nitrogens with zero attached hydrogens (tertiary/aromatic N) is 1. The molecule has 2 unspecified atom stereocenters. The van der Waals surface area contributed by atoms with Crippen molar-refractivity contribution in [2.75, 3.05) is 20.6 Å². The van der Waals surface area contributed by atoms with Crippen LogP contribution in [0.3, 0.4) is 0 Å². The first-order valence-corrected chi connectivity index (χ1v) is 9.75. The molecule has 0 aliphatic heterocycles. The molecule has 1 aliphatic rings. The van der Waals surface area contributed by atoms with Crippen molar-refractivity contribution in [2.24, 2.45) is 5.92 Å². The minimum absolute atomic E-state index is 0.132. The Morgan fingerprint density at radius 3 is 2.81 bits per heavy atom. The monoisotopic (exact) mass is 370 g/mol. The summed E-state index contributed by atoms with van der Waals surface area (Å²) in [6.07, 6.45) is 4.61. The summed E-state index contributed by atoms with van der Waals surface area (Å²) in [5, 5.41) is 3.19. The highest BCUT2D eigenvalue weighted by atomic mass is 16.5. The second-order valence-corrected chi connectivity index (χ2v) is 7.76. The Morgan fingerprint density at radius 2 is 2.04 bits per heavy atom. The number of aryl methyl sites for hydroxylation is 1. The summed E-state index contributed by atoms with van der Waals surface area (Å²) in [6, 6.07) is 11.6. The molecule has 1 amide bonds. The van der Waals surface area contributed by atoms with Gasteiger partial charge in [0.25, 0.3) is 5.91 Å². The number of benzene rings is 1. The Morgan fingerprint density at radius 1 is 1.22 bits per heavy atom. The molecule has 3 rings (SSSR count). The van der Waals surface area contributed by atoms with Gasteiger partial charge in [-0.3, -0.25) is 4.79 Å². The molecule has 5 nitrogen and oxygen atoms in total. The molecule has 0 radical (unpaired) electrons. The number of carbonyl (C=O) groups is 1. The van der Waals surface area contributed by atoms with Crippen LogP contribution in [0.15, 0.2) is 40.8 Å². The van der Waals surface area contributed by atoms with Gasteiger partial charge in [0.1, 0.15) is 18.1 Å². The van der Waals surface area contributed by atoms with Gasteiger partial charge in [-0.25, -0.2) is 0 Å². The number of carbonyl (C=O) groups excluding carboxylic acids is 1. The zero-order valence-electron chi connectivity index (χ0n) is 16.5. The van der Waals surface area contributed by atoms with Gasteiger partial charge in [-0.1, -0.05) is 25.0 Å². The number of rotatable bonds is 7. The van der Waals surface area contributed by atoms with Crippen LogP contribution in [0.1, 0.15) is 47.6 Å². The molecule has 146 valence electrons. The highest BCUT2D eigenvalue weighted by molar-refractivity contribution is 5.91. The van der Waals surface area contributed by atoms with Gasteiger partial charge in [0, 0.05) is 12.6 Å². The van der Waals surface area contributed by atoms with E-state index >= 15 is 0 Å². The standard InChI is InChI=1S/C22H30N2O3/c1-16-7-6-9-18(13-16)26-15-19-11-12-21(27-19)22(25)23-20-10-5-4-8-17(20)14-24(2)3/h6-7,9,11-13,17,20H,4-5,8,10,14-15H2,1-3H3,(H,23,25). The maximum atomic E-state index is 12.6. The van der Waals surface area contributed by atoms with Gasteiger partial charge in [-0.05, 0) is 69.6 Å². The lowest BCUT2D eigenvalue weighted by atomic mass is 9.84. The second-order valence-electron chi connectivity index (χ2n) is 7.76. The Hall–Kier alpha value is -2.27. The predicted octanol–water partition coefficient (Wildman–Crippen LogP) is 4.02. The first kappa shape index (κ1) is 19.5. The third-order valence-corrected chi connectivity index (χ3v) is 5.08. The normalized spacial score (nSPS) is 19.9. The third kappa shape index (κ3) is 5.60. The molecule has 1 aliphatic carbocycles. The van der Waals surface area contributed by atoms with Gasteiger partial charge in [0.15, 0.2) is 5.76 Å². The third-order valence-electron chi connectivity index (χ3n) is 5.08. The molecule has 1 fully saturated rings. The highest BCUT2D eigenvalue weighted by Gasteiger charge is 2.27. The van der Waals surface area contributed by atoms with Crippen LogP contribution in [0.2, 0.25) is 0 Å². The van der Waals surface area contributed by atoms with Crippen LogP contribution in [0, 0.1) is 12.8 Å². The molecule has 27 heavy (non-hydrogen) atoms. The van der Waals surface area contributed by atoms with Gasteiger partial charge in [-0.15, -0.1) is 0 Å². The van der Waals surface area contributed by atoms with Crippen LogP contribution in [0.4, 0.5) is 0 Å². The average molecular weight is 370 g/mol. The number of amides is 1. The summed E-state index contributed by atoms with van der Waals surface area (Å²) in [7, 11) is 4.17. The lowest BCUT2D eigenvalue weighted by molar-refractivity contribution is 0.0863. The smallest absolute Gasteiger partial charge is 0.287 e. The van der Waals surface area contributed by atoms with Gasteiger partial charge >= 0.3 is 0 Å². The number of ether oxygens (including phenoxy) is 1. The van der Waals surface area contributed by atoms with Crippen molar-refractivity contribution >= 4 is 5.91 Å². The Labute approximate surface area is 161 Å². The molecule has 1 heterocycles. The molecule has 1 aromatic heterocycles. The number of hydrogen-bond donors (Lipinski definition) is 1. The second kappa shape index (κ2) is 9.09. The fourth-order valence-corrected chi connectivity index (χ4v) is 3.76. The first-order valence-electron chi connectivity index (χ1n) is 9.75. The summed E-state index contributed by atoms with van der Waals surface area (Å²) in [4.78, 5) is 14.8. The Balaban J connectivity index is 1.56. The van der Waals surface area contributed by atoms with E-state index in [2.05, 4.69) is 24.3 Å². The lowest BCUT2D eigenvalue weighted by Crippen LogP contribution is -2.45. The van der Waals surface area contributed by atoms with E-state index in [1.807, 2.05) is 37.3 Å². The van der Waals surface area contributed by atoms with Crippen LogP contribution in [-0.4, -0.2) is 37.5 Å². The van der Waals surface area contributed by atoms with E-state index in [1.54, 1.807) is 6.07 Å². The van der Waals surface area contributed by atoms with Crippen LogP contribution < -0.4 is 10.1 Å². The molecule has 1 aromatic carbocycles. The minimum Gasteiger partial charge on any atom is -0.486 e. The largest absolute Gasteiger partial charge is 0.486 e. The summed E-state index contributed by atoms with van der Waals surface area (Å²) >= 11 is 0. The molecule has 2 atom stereocenters. The van der Waals surface area contributed by atoms with Crippen molar-refractivity contribution < 1.29 is 13.9 Å². The van der Waals surface area contributed by atoms with E-state index in [-0.39, 0.29) is 11.9 Å². The van der Waals surface area contributed by atoms with Crippen molar-refractivity contribution in [1.29, 1.82) is 0 Å². The first-order chi connectivity index (χ1) is 13.0. The molecule has 0 bridgehead atoms. The van der Waals surface area contributed by atoms with Gasteiger partial charge in [0.2, 0.25) is 0 Å². The minimum atomic E-state index is -0.132. The molecule has 0 spiro atoms. The molecule has 2 aromatic rings. The quantitative estimate of drug-likeness (QED) is 0.800. The number of nitrogens with one attached hydrogen (secondary N) is 1. The van der Waals surface area contributed by atoms with E-state index in [0.29, 0.717) is 24.0 Å². The summed E-state index contributed by atoms with van der Waals surface area (Å²) in [6.45, 7) is 3.33. The van der Waals surface area contributed by atoms with E-state index in [4.69, 9.17) is 9.15 Å². The van der Waals surface area contributed by atoms with E-state index in [1.165, 1.54) is 12.8 Å².